The second-order valence-corrected chi connectivity index (χ2v) is 7.73. The van der Waals surface area contributed by atoms with E-state index in [0.717, 1.165) is 42.9 Å². The first-order valence-electron chi connectivity index (χ1n) is 9.52. The molecule has 0 spiro atoms. The fraction of sp³-hybridized carbons (Fsp3) is 0.400. The quantitative estimate of drug-likeness (QED) is 0.615. The molecule has 2 aromatic heterocycles. The van der Waals surface area contributed by atoms with E-state index in [9.17, 15) is 4.79 Å². The van der Waals surface area contributed by atoms with E-state index >= 15 is 0 Å². The summed E-state index contributed by atoms with van der Waals surface area (Å²) < 4.78 is 6.92. The number of nitrogens with zero attached hydrogens (tertiary/aromatic N) is 5. The zero-order valence-corrected chi connectivity index (χ0v) is 16.7. The molecule has 0 N–H and O–H groups in total. The topological polar surface area (TPSA) is 72.6 Å². The molecule has 28 heavy (non-hydrogen) atoms. The van der Waals surface area contributed by atoms with Crippen LogP contribution < -0.4 is 4.74 Å². The van der Waals surface area contributed by atoms with Crippen LogP contribution in [0.3, 0.4) is 0 Å². The summed E-state index contributed by atoms with van der Waals surface area (Å²) in [6.07, 6.45) is 4.61. The maximum Gasteiger partial charge on any atom is 0.233 e. The molecule has 3 aromatic rings. The minimum atomic E-state index is 0.162. The molecular formula is C20H23N5O2S. The highest BCUT2D eigenvalue weighted by molar-refractivity contribution is 7.99. The summed E-state index contributed by atoms with van der Waals surface area (Å²) in [6, 6.07) is 11.6. The second-order valence-electron chi connectivity index (χ2n) is 6.78. The lowest BCUT2D eigenvalue weighted by Gasteiger charge is -2.19. The summed E-state index contributed by atoms with van der Waals surface area (Å²) in [4.78, 5) is 14.5. The first-order valence-corrected chi connectivity index (χ1v) is 10.5. The number of carbonyl (C=O) groups excluding carboxylic acids is 1. The molecule has 1 fully saturated rings. The van der Waals surface area contributed by atoms with Crippen molar-refractivity contribution in [3.63, 3.8) is 0 Å². The number of rotatable bonds is 5. The predicted molar refractivity (Wildman–Crippen MR) is 109 cm³/mol. The van der Waals surface area contributed by atoms with Crippen LogP contribution in [-0.2, 0) is 4.79 Å². The number of hydrogen-bond acceptors (Lipinski definition) is 6. The van der Waals surface area contributed by atoms with Crippen molar-refractivity contribution < 1.29 is 9.53 Å². The normalized spacial score (nSPS) is 14.8. The molecule has 1 aromatic carbocycles. The van der Waals surface area contributed by atoms with Crippen molar-refractivity contribution in [3.8, 4) is 17.0 Å². The van der Waals surface area contributed by atoms with Crippen molar-refractivity contribution in [1.82, 2.24) is 24.7 Å². The van der Waals surface area contributed by atoms with E-state index < -0.39 is 0 Å². The zero-order chi connectivity index (χ0) is 19.3. The van der Waals surface area contributed by atoms with Gasteiger partial charge in [0, 0.05) is 18.7 Å². The van der Waals surface area contributed by atoms with Crippen LogP contribution in [0.2, 0.25) is 0 Å². The van der Waals surface area contributed by atoms with E-state index in [1.807, 2.05) is 41.3 Å². The van der Waals surface area contributed by atoms with Gasteiger partial charge >= 0.3 is 0 Å². The van der Waals surface area contributed by atoms with E-state index in [4.69, 9.17) is 4.74 Å². The van der Waals surface area contributed by atoms with Crippen LogP contribution in [0.5, 0.6) is 5.75 Å². The number of likely N-dealkylation sites (tertiary alicyclic amines) is 1. The minimum Gasteiger partial charge on any atom is -0.497 e. The number of fused-ring (bicyclic) bond motifs is 1. The van der Waals surface area contributed by atoms with Gasteiger partial charge in [0.2, 0.25) is 11.1 Å². The lowest BCUT2D eigenvalue weighted by molar-refractivity contribution is -0.128. The Hall–Kier alpha value is -2.61. The molecule has 1 aliphatic heterocycles. The van der Waals surface area contributed by atoms with E-state index in [1.54, 1.807) is 11.6 Å². The average molecular weight is 398 g/mol. The lowest BCUT2D eigenvalue weighted by atomic mass is 10.1. The Morgan fingerprint density at radius 3 is 2.50 bits per heavy atom. The molecule has 3 heterocycles. The molecule has 8 heteroatoms. The third kappa shape index (κ3) is 4.11. The molecule has 7 nitrogen and oxygen atoms in total. The Morgan fingerprint density at radius 1 is 1.04 bits per heavy atom. The van der Waals surface area contributed by atoms with Gasteiger partial charge in [-0.05, 0) is 49.2 Å². The number of hydrogen-bond donors (Lipinski definition) is 0. The van der Waals surface area contributed by atoms with Crippen LogP contribution in [0.25, 0.3) is 16.9 Å². The molecule has 0 atom stereocenters. The standard InChI is InChI=1S/C20H23N5O2S/c1-27-16-8-6-15(7-9-16)17-10-11-18-21-22-20(25(18)23-17)28-14-19(26)24-12-4-2-3-5-13-24/h6-11H,2-5,12-14H2,1H3. The third-order valence-electron chi connectivity index (χ3n) is 4.90. The van der Waals surface area contributed by atoms with Gasteiger partial charge in [-0.2, -0.15) is 9.61 Å². The number of aromatic nitrogens is 4. The zero-order valence-electron chi connectivity index (χ0n) is 15.9. The van der Waals surface area contributed by atoms with Gasteiger partial charge in [-0.15, -0.1) is 10.2 Å². The molecule has 1 saturated heterocycles. The second kappa shape index (κ2) is 8.60. The van der Waals surface area contributed by atoms with Crippen LogP contribution in [0.1, 0.15) is 25.7 Å². The van der Waals surface area contributed by atoms with Gasteiger partial charge in [0.15, 0.2) is 5.65 Å². The smallest absolute Gasteiger partial charge is 0.233 e. The molecule has 0 bridgehead atoms. The van der Waals surface area contributed by atoms with Crippen molar-refractivity contribution >= 4 is 23.3 Å². The first kappa shape index (κ1) is 18.7. The number of methoxy groups -OCH3 is 1. The van der Waals surface area contributed by atoms with Gasteiger partial charge in [-0.25, -0.2) is 0 Å². The molecule has 0 unspecified atom stereocenters. The number of benzene rings is 1. The number of thioether (sulfide) groups is 1. The Labute approximate surface area is 168 Å². The van der Waals surface area contributed by atoms with Crippen LogP contribution in [0.4, 0.5) is 0 Å². The number of carbonyl (C=O) groups is 1. The van der Waals surface area contributed by atoms with Crippen molar-refractivity contribution in [2.45, 2.75) is 30.8 Å². The van der Waals surface area contributed by atoms with Crippen molar-refractivity contribution in [1.29, 1.82) is 0 Å². The molecule has 4 rings (SSSR count). The van der Waals surface area contributed by atoms with Crippen molar-refractivity contribution in [3.05, 3.63) is 36.4 Å². The molecule has 0 saturated carbocycles. The van der Waals surface area contributed by atoms with Crippen LogP contribution in [-0.4, -0.2) is 56.6 Å². The van der Waals surface area contributed by atoms with Crippen molar-refractivity contribution in [2.24, 2.45) is 0 Å². The third-order valence-corrected chi connectivity index (χ3v) is 5.81. The highest BCUT2D eigenvalue weighted by Gasteiger charge is 2.17. The monoisotopic (exact) mass is 397 g/mol. The maximum absolute atomic E-state index is 12.5. The molecule has 0 aliphatic carbocycles. The van der Waals surface area contributed by atoms with Gasteiger partial charge < -0.3 is 9.64 Å². The van der Waals surface area contributed by atoms with Gasteiger partial charge in [-0.3, -0.25) is 4.79 Å². The molecule has 1 aliphatic rings. The van der Waals surface area contributed by atoms with Gasteiger partial charge in [0.05, 0.1) is 18.6 Å². The highest BCUT2D eigenvalue weighted by atomic mass is 32.2. The van der Waals surface area contributed by atoms with Crippen LogP contribution in [0, 0.1) is 0 Å². The Bertz CT molecular complexity index is 949. The van der Waals surface area contributed by atoms with Crippen molar-refractivity contribution in [2.75, 3.05) is 26.0 Å². The largest absolute Gasteiger partial charge is 0.497 e. The fourth-order valence-electron chi connectivity index (χ4n) is 3.31. The predicted octanol–water partition coefficient (Wildman–Crippen LogP) is 3.29. The average Bonchev–Trinajstić information content (AvgIpc) is 2.95. The van der Waals surface area contributed by atoms with Gasteiger partial charge in [0.25, 0.3) is 0 Å². The Kier molecular flexibility index (Phi) is 5.76. The number of amides is 1. The van der Waals surface area contributed by atoms with Crippen LogP contribution >= 0.6 is 11.8 Å². The molecular weight excluding hydrogens is 374 g/mol. The van der Waals surface area contributed by atoms with Crippen LogP contribution in [0.15, 0.2) is 41.6 Å². The van der Waals surface area contributed by atoms with E-state index in [0.29, 0.717) is 16.6 Å². The van der Waals surface area contributed by atoms with Gasteiger partial charge in [-0.1, -0.05) is 24.6 Å². The molecule has 146 valence electrons. The summed E-state index contributed by atoms with van der Waals surface area (Å²) in [5.74, 6) is 1.32. The molecule has 0 radical (unpaired) electrons. The summed E-state index contributed by atoms with van der Waals surface area (Å²) in [5.41, 5.74) is 2.46. The van der Waals surface area contributed by atoms with E-state index in [2.05, 4.69) is 15.3 Å². The van der Waals surface area contributed by atoms with Gasteiger partial charge in [0.1, 0.15) is 5.75 Å². The van der Waals surface area contributed by atoms with E-state index in [-0.39, 0.29) is 5.91 Å². The highest BCUT2D eigenvalue weighted by Crippen LogP contribution is 2.23. The summed E-state index contributed by atoms with van der Waals surface area (Å²) in [5, 5.41) is 13.7. The first-order chi connectivity index (χ1) is 13.7. The maximum atomic E-state index is 12.5. The Morgan fingerprint density at radius 2 is 1.79 bits per heavy atom. The Balaban J connectivity index is 1.50. The molecule has 1 amide bonds. The summed E-state index contributed by atoms with van der Waals surface area (Å²) in [6.45, 7) is 1.72. The lowest BCUT2D eigenvalue weighted by Crippen LogP contribution is -2.33. The number of ether oxygens (including phenoxy) is 1. The minimum absolute atomic E-state index is 0.162. The summed E-state index contributed by atoms with van der Waals surface area (Å²) in [7, 11) is 1.65. The summed E-state index contributed by atoms with van der Waals surface area (Å²) >= 11 is 1.39. The fourth-order valence-corrected chi connectivity index (χ4v) is 4.10. The SMILES string of the molecule is COc1ccc(-c2ccc3nnc(SCC(=O)N4CCCCCC4)n3n2)cc1. The van der Waals surface area contributed by atoms with E-state index in [1.165, 1.54) is 24.6 Å².